The first-order valence-electron chi connectivity index (χ1n) is 8.96. The summed E-state index contributed by atoms with van der Waals surface area (Å²) >= 11 is 0. The molecule has 5 heteroatoms. The zero-order valence-corrected chi connectivity index (χ0v) is 15.6. The SMILES string of the molecule is CC(C)Cc1ccc([C@@H](C)[NH2+][C@@H](C(=O)NC(N)=O)c2ccccc2)cc1. The third-order valence-electron chi connectivity index (χ3n) is 4.32. The molecule has 2 atom stereocenters. The molecule has 0 aliphatic rings. The zero-order chi connectivity index (χ0) is 19.1. The van der Waals surface area contributed by atoms with Gasteiger partial charge in [-0.05, 0) is 24.8 Å². The van der Waals surface area contributed by atoms with Crippen molar-refractivity contribution in [2.45, 2.75) is 39.3 Å². The van der Waals surface area contributed by atoms with E-state index in [-0.39, 0.29) is 6.04 Å². The Labute approximate surface area is 155 Å². The number of carbonyl (C=O) groups is 2. The highest BCUT2D eigenvalue weighted by Crippen LogP contribution is 2.16. The molecule has 0 saturated carbocycles. The Morgan fingerprint density at radius 1 is 0.962 bits per heavy atom. The van der Waals surface area contributed by atoms with Gasteiger partial charge in [0, 0.05) is 11.1 Å². The number of rotatable bonds is 7. The summed E-state index contributed by atoms with van der Waals surface area (Å²) in [5.74, 6) is 0.205. The van der Waals surface area contributed by atoms with Gasteiger partial charge >= 0.3 is 6.03 Å². The van der Waals surface area contributed by atoms with Crippen LogP contribution in [0.3, 0.4) is 0 Å². The van der Waals surface area contributed by atoms with E-state index in [0.717, 1.165) is 17.5 Å². The zero-order valence-electron chi connectivity index (χ0n) is 15.6. The number of primary amides is 1. The van der Waals surface area contributed by atoms with Gasteiger partial charge in [-0.25, -0.2) is 4.79 Å². The first-order chi connectivity index (χ1) is 12.4. The van der Waals surface area contributed by atoms with Crippen LogP contribution in [0.25, 0.3) is 0 Å². The molecular weight excluding hydrogens is 326 g/mol. The van der Waals surface area contributed by atoms with Crippen molar-refractivity contribution in [3.05, 3.63) is 71.3 Å². The highest BCUT2D eigenvalue weighted by atomic mass is 16.2. The molecule has 0 saturated heterocycles. The third-order valence-corrected chi connectivity index (χ3v) is 4.32. The van der Waals surface area contributed by atoms with Gasteiger partial charge in [0.15, 0.2) is 6.04 Å². The van der Waals surface area contributed by atoms with Crippen molar-refractivity contribution in [2.75, 3.05) is 0 Å². The number of quaternary nitrogens is 1. The summed E-state index contributed by atoms with van der Waals surface area (Å²) in [5.41, 5.74) is 8.39. The molecule has 0 radical (unpaired) electrons. The van der Waals surface area contributed by atoms with E-state index < -0.39 is 18.0 Å². The van der Waals surface area contributed by atoms with Gasteiger partial charge in [0.25, 0.3) is 5.91 Å². The lowest BCUT2D eigenvalue weighted by Gasteiger charge is -2.20. The topological polar surface area (TPSA) is 88.8 Å². The number of nitrogens with two attached hydrogens (primary N) is 2. The molecule has 5 nitrogen and oxygen atoms in total. The number of urea groups is 1. The van der Waals surface area contributed by atoms with Crippen molar-refractivity contribution >= 4 is 11.9 Å². The largest absolute Gasteiger partial charge is 0.351 e. The average molecular weight is 354 g/mol. The molecule has 2 aromatic carbocycles. The predicted molar refractivity (Wildman–Crippen MR) is 102 cm³/mol. The van der Waals surface area contributed by atoms with Crippen LogP contribution in [-0.2, 0) is 11.2 Å². The number of hydrogen-bond acceptors (Lipinski definition) is 2. The highest BCUT2D eigenvalue weighted by Gasteiger charge is 2.27. The van der Waals surface area contributed by atoms with E-state index in [1.807, 2.05) is 42.6 Å². The minimum absolute atomic E-state index is 0.0481. The van der Waals surface area contributed by atoms with Crippen LogP contribution in [0.1, 0.15) is 49.5 Å². The summed E-state index contributed by atoms with van der Waals surface area (Å²) < 4.78 is 0. The van der Waals surface area contributed by atoms with E-state index in [1.165, 1.54) is 5.56 Å². The standard InChI is InChI=1S/C21H27N3O2/c1-14(2)13-16-9-11-17(12-10-16)15(3)23-19(20(25)24-21(22)26)18-7-5-4-6-8-18/h4-12,14-15,19,23H,13H2,1-3H3,(H3,22,24,25,26)/p+1/t15-,19-/m1/s1. The van der Waals surface area contributed by atoms with Gasteiger partial charge in [-0.3, -0.25) is 10.1 Å². The van der Waals surface area contributed by atoms with Gasteiger partial charge in [0.1, 0.15) is 6.04 Å². The molecule has 26 heavy (non-hydrogen) atoms. The van der Waals surface area contributed by atoms with Crippen LogP contribution in [0, 0.1) is 5.92 Å². The number of imide groups is 1. The Kier molecular flexibility index (Phi) is 6.92. The molecule has 0 heterocycles. The maximum Gasteiger partial charge on any atom is 0.319 e. The monoisotopic (exact) mass is 354 g/mol. The summed E-state index contributed by atoms with van der Waals surface area (Å²) in [6, 6.07) is 16.5. The highest BCUT2D eigenvalue weighted by molar-refractivity contribution is 5.96. The molecule has 0 aliphatic heterocycles. The van der Waals surface area contributed by atoms with Crippen LogP contribution in [-0.4, -0.2) is 11.9 Å². The molecule has 0 fully saturated rings. The molecule has 2 aromatic rings. The number of hydrogen-bond donors (Lipinski definition) is 3. The summed E-state index contributed by atoms with van der Waals surface area (Å²) in [5, 5.41) is 4.15. The van der Waals surface area contributed by atoms with E-state index in [9.17, 15) is 9.59 Å². The summed E-state index contributed by atoms with van der Waals surface area (Å²) in [6.07, 6.45) is 1.05. The van der Waals surface area contributed by atoms with E-state index in [0.29, 0.717) is 5.92 Å². The smallest absolute Gasteiger partial charge is 0.319 e. The fourth-order valence-corrected chi connectivity index (χ4v) is 3.04. The minimum Gasteiger partial charge on any atom is -0.351 e. The molecule has 5 N–H and O–H groups in total. The van der Waals surface area contributed by atoms with Crippen molar-refractivity contribution in [1.82, 2.24) is 5.32 Å². The van der Waals surface area contributed by atoms with E-state index in [2.05, 4.69) is 43.4 Å². The molecule has 0 bridgehead atoms. The maximum absolute atomic E-state index is 12.5. The first-order valence-corrected chi connectivity index (χ1v) is 8.96. The number of carbonyl (C=O) groups excluding carboxylic acids is 2. The summed E-state index contributed by atoms with van der Waals surface area (Å²) in [6.45, 7) is 6.45. The molecule has 2 rings (SSSR count). The van der Waals surface area contributed by atoms with Crippen molar-refractivity contribution in [3.63, 3.8) is 0 Å². The Morgan fingerprint density at radius 2 is 1.58 bits per heavy atom. The van der Waals surface area contributed by atoms with Crippen molar-refractivity contribution in [3.8, 4) is 0 Å². The number of amides is 3. The number of benzene rings is 2. The molecule has 0 spiro atoms. The Balaban J connectivity index is 2.16. The maximum atomic E-state index is 12.5. The lowest BCUT2D eigenvalue weighted by atomic mass is 9.98. The van der Waals surface area contributed by atoms with Crippen LogP contribution >= 0.6 is 0 Å². The van der Waals surface area contributed by atoms with Gasteiger partial charge in [0.05, 0.1) is 0 Å². The Morgan fingerprint density at radius 3 is 2.12 bits per heavy atom. The average Bonchev–Trinajstić information content (AvgIpc) is 2.59. The van der Waals surface area contributed by atoms with Crippen LogP contribution in [0.15, 0.2) is 54.6 Å². The fraction of sp³-hybridized carbons (Fsp3) is 0.333. The summed E-state index contributed by atoms with van der Waals surface area (Å²) in [4.78, 5) is 23.6. The van der Waals surface area contributed by atoms with Crippen molar-refractivity contribution < 1.29 is 14.9 Å². The van der Waals surface area contributed by atoms with Gasteiger partial charge in [0.2, 0.25) is 0 Å². The molecular formula is C21H28N3O2+. The van der Waals surface area contributed by atoms with Gasteiger partial charge in [-0.2, -0.15) is 0 Å². The van der Waals surface area contributed by atoms with Crippen molar-refractivity contribution in [1.29, 1.82) is 0 Å². The lowest BCUT2D eigenvalue weighted by Crippen LogP contribution is -2.88. The Hall–Kier alpha value is -2.66. The normalized spacial score (nSPS) is 13.2. The van der Waals surface area contributed by atoms with E-state index in [1.54, 1.807) is 0 Å². The molecule has 0 unspecified atom stereocenters. The van der Waals surface area contributed by atoms with E-state index in [4.69, 9.17) is 5.73 Å². The molecule has 3 amide bonds. The molecule has 138 valence electrons. The quantitative estimate of drug-likeness (QED) is 0.713. The second-order valence-corrected chi connectivity index (χ2v) is 7.06. The fourth-order valence-electron chi connectivity index (χ4n) is 3.04. The van der Waals surface area contributed by atoms with E-state index >= 15 is 0 Å². The van der Waals surface area contributed by atoms with Gasteiger partial charge in [-0.15, -0.1) is 0 Å². The first kappa shape index (κ1) is 19.7. The van der Waals surface area contributed by atoms with Crippen LogP contribution in [0.5, 0.6) is 0 Å². The third kappa shape index (κ3) is 5.70. The minimum atomic E-state index is -0.838. The van der Waals surface area contributed by atoms with Crippen LogP contribution in [0.4, 0.5) is 4.79 Å². The van der Waals surface area contributed by atoms with Crippen LogP contribution in [0.2, 0.25) is 0 Å². The molecule has 0 aliphatic carbocycles. The molecule has 0 aromatic heterocycles. The Bertz CT molecular complexity index is 727. The second kappa shape index (κ2) is 9.15. The van der Waals surface area contributed by atoms with Crippen LogP contribution < -0.4 is 16.4 Å². The number of nitrogens with one attached hydrogen (secondary N) is 1. The van der Waals surface area contributed by atoms with Gasteiger partial charge in [-0.1, -0.05) is 68.4 Å². The van der Waals surface area contributed by atoms with Crippen molar-refractivity contribution in [2.24, 2.45) is 11.7 Å². The predicted octanol–water partition coefficient (Wildman–Crippen LogP) is 2.45. The van der Waals surface area contributed by atoms with Gasteiger partial charge < -0.3 is 11.1 Å². The lowest BCUT2D eigenvalue weighted by molar-refractivity contribution is -0.719. The summed E-state index contributed by atoms with van der Waals surface area (Å²) in [7, 11) is 0. The second-order valence-electron chi connectivity index (χ2n) is 7.06.